The minimum absolute atomic E-state index is 0.117. The number of ether oxygens (including phenoxy) is 1. The van der Waals surface area contributed by atoms with Crippen molar-refractivity contribution in [1.29, 1.82) is 0 Å². The Kier molecular flexibility index (Phi) is 7.76. The van der Waals surface area contributed by atoms with Crippen molar-refractivity contribution in [2.75, 3.05) is 17.7 Å². The van der Waals surface area contributed by atoms with E-state index in [1.54, 1.807) is 24.3 Å². The Morgan fingerprint density at radius 1 is 1.14 bits per heavy atom. The van der Waals surface area contributed by atoms with E-state index in [0.717, 1.165) is 11.3 Å². The van der Waals surface area contributed by atoms with Gasteiger partial charge in [0.15, 0.2) is 0 Å². The lowest BCUT2D eigenvalue weighted by Crippen LogP contribution is -2.64. The minimum Gasteiger partial charge on any atom is -0.494 e. The molecule has 1 aliphatic heterocycles. The van der Waals surface area contributed by atoms with E-state index in [1.807, 2.05) is 31.2 Å². The molecule has 1 saturated heterocycles. The number of thioether (sulfide) groups is 1. The lowest BCUT2D eigenvalue weighted by molar-refractivity contribution is -0.125. The first-order valence-electron chi connectivity index (χ1n) is 9.23. The number of hydrogen-bond donors (Lipinski definition) is 4. The first kappa shape index (κ1) is 21.4. The van der Waals surface area contributed by atoms with Gasteiger partial charge in [-0.25, -0.2) is 10.9 Å². The topological polar surface area (TPSA) is 91.5 Å². The molecule has 29 heavy (non-hydrogen) atoms. The number of anilines is 1. The zero-order valence-corrected chi connectivity index (χ0v) is 17.5. The third kappa shape index (κ3) is 6.64. The second-order valence-electron chi connectivity index (χ2n) is 6.38. The highest BCUT2D eigenvalue weighted by atomic mass is 35.5. The average Bonchev–Trinajstić information content (AvgIpc) is 2.71. The van der Waals surface area contributed by atoms with Crippen molar-refractivity contribution in [2.45, 2.75) is 24.9 Å². The van der Waals surface area contributed by atoms with Crippen LogP contribution in [-0.4, -0.2) is 35.7 Å². The van der Waals surface area contributed by atoms with Gasteiger partial charge in [-0.2, -0.15) is 0 Å². The molecule has 3 rings (SSSR count). The summed E-state index contributed by atoms with van der Waals surface area (Å²) in [5.74, 6) is 0.716. The maximum atomic E-state index is 12.4. The molecule has 2 amide bonds. The summed E-state index contributed by atoms with van der Waals surface area (Å²) in [6, 6.07) is 14.2. The number of benzene rings is 2. The second-order valence-corrected chi connectivity index (χ2v) is 7.91. The van der Waals surface area contributed by atoms with Gasteiger partial charge in [-0.1, -0.05) is 23.7 Å². The standard InChI is InChI=1S/C20H23ClN4O3S/c1-2-28-16-9-3-13(4-10-16)11-17-19(27)23-20(25-24-17)29-12-18(26)22-15-7-5-14(21)6-8-15/h3-10,17,20,24-25H,2,11-12H2,1H3,(H,22,26)(H,23,27). The van der Waals surface area contributed by atoms with Gasteiger partial charge in [0.1, 0.15) is 17.3 Å². The molecule has 2 atom stereocenters. The Morgan fingerprint density at radius 2 is 1.86 bits per heavy atom. The highest BCUT2D eigenvalue weighted by Gasteiger charge is 2.27. The summed E-state index contributed by atoms with van der Waals surface area (Å²) in [4.78, 5) is 24.4. The van der Waals surface area contributed by atoms with Crippen LogP contribution in [0.5, 0.6) is 5.75 Å². The molecule has 0 saturated carbocycles. The molecule has 2 aromatic carbocycles. The van der Waals surface area contributed by atoms with E-state index in [9.17, 15) is 9.59 Å². The molecule has 0 spiro atoms. The third-order valence-corrected chi connectivity index (χ3v) is 5.41. The summed E-state index contributed by atoms with van der Waals surface area (Å²) >= 11 is 7.12. The Morgan fingerprint density at radius 3 is 2.52 bits per heavy atom. The quantitative estimate of drug-likeness (QED) is 0.510. The number of hydrazine groups is 1. The number of rotatable bonds is 8. The van der Waals surface area contributed by atoms with Crippen LogP contribution in [0.3, 0.4) is 0 Å². The first-order chi connectivity index (χ1) is 14.0. The van der Waals surface area contributed by atoms with Crippen LogP contribution in [-0.2, 0) is 16.0 Å². The van der Waals surface area contributed by atoms with Crippen LogP contribution >= 0.6 is 23.4 Å². The number of carbonyl (C=O) groups is 2. The molecular weight excluding hydrogens is 412 g/mol. The molecule has 0 radical (unpaired) electrons. The summed E-state index contributed by atoms with van der Waals surface area (Å²) in [5, 5.41) is 6.27. The molecular formula is C20H23ClN4O3S. The van der Waals surface area contributed by atoms with Crippen LogP contribution in [0.2, 0.25) is 5.02 Å². The summed E-state index contributed by atoms with van der Waals surface area (Å²) in [7, 11) is 0. The fourth-order valence-electron chi connectivity index (χ4n) is 2.75. The summed E-state index contributed by atoms with van der Waals surface area (Å²) < 4.78 is 5.43. The highest BCUT2D eigenvalue weighted by Crippen LogP contribution is 2.16. The molecule has 7 nitrogen and oxygen atoms in total. The molecule has 1 fully saturated rings. The normalized spacial score (nSPS) is 18.8. The highest BCUT2D eigenvalue weighted by molar-refractivity contribution is 8.00. The average molecular weight is 435 g/mol. The monoisotopic (exact) mass is 434 g/mol. The predicted molar refractivity (Wildman–Crippen MR) is 116 cm³/mol. The fourth-order valence-corrected chi connectivity index (χ4v) is 3.62. The Labute approximate surface area is 178 Å². The van der Waals surface area contributed by atoms with Crippen molar-refractivity contribution in [3.8, 4) is 5.75 Å². The van der Waals surface area contributed by atoms with E-state index in [0.29, 0.717) is 23.7 Å². The van der Waals surface area contributed by atoms with Crippen LogP contribution in [0, 0.1) is 0 Å². The first-order valence-corrected chi connectivity index (χ1v) is 10.7. The van der Waals surface area contributed by atoms with Gasteiger partial charge < -0.3 is 15.4 Å². The van der Waals surface area contributed by atoms with Gasteiger partial charge in [0.25, 0.3) is 0 Å². The fraction of sp³-hybridized carbons (Fsp3) is 0.300. The van der Waals surface area contributed by atoms with Crippen molar-refractivity contribution in [3.05, 3.63) is 59.1 Å². The SMILES string of the molecule is CCOc1ccc(CC2NNC(SCC(=O)Nc3ccc(Cl)cc3)NC2=O)cc1. The van der Waals surface area contributed by atoms with E-state index in [4.69, 9.17) is 16.3 Å². The zero-order valence-electron chi connectivity index (χ0n) is 15.9. The smallest absolute Gasteiger partial charge is 0.240 e. The van der Waals surface area contributed by atoms with Crippen molar-refractivity contribution in [1.82, 2.24) is 16.2 Å². The van der Waals surface area contributed by atoms with Crippen LogP contribution < -0.4 is 26.2 Å². The Bertz CT molecular complexity index is 833. The predicted octanol–water partition coefficient (Wildman–Crippen LogP) is 2.53. The molecule has 0 aromatic heterocycles. The van der Waals surface area contributed by atoms with Crippen LogP contribution in [0.1, 0.15) is 12.5 Å². The van der Waals surface area contributed by atoms with Gasteiger partial charge in [-0.3, -0.25) is 9.59 Å². The third-order valence-electron chi connectivity index (χ3n) is 4.16. The van der Waals surface area contributed by atoms with Crippen LogP contribution in [0.15, 0.2) is 48.5 Å². The molecule has 154 valence electrons. The van der Waals surface area contributed by atoms with Gasteiger partial charge in [0.05, 0.1) is 12.4 Å². The minimum atomic E-state index is -0.396. The summed E-state index contributed by atoms with van der Waals surface area (Å²) in [5.41, 5.74) is 7.37. The molecule has 0 aliphatic carbocycles. The van der Waals surface area contributed by atoms with E-state index in [-0.39, 0.29) is 17.6 Å². The zero-order chi connectivity index (χ0) is 20.6. The number of hydrogen-bond acceptors (Lipinski definition) is 6. The van der Waals surface area contributed by atoms with Crippen molar-refractivity contribution < 1.29 is 14.3 Å². The lowest BCUT2D eigenvalue weighted by Gasteiger charge is -2.31. The van der Waals surface area contributed by atoms with Crippen molar-refractivity contribution >= 4 is 40.9 Å². The molecule has 4 N–H and O–H groups in total. The molecule has 0 bridgehead atoms. The van der Waals surface area contributed by atoms with Gasteiger partial charge in [-0.05, 0) is 55.3 Å². The van der Waals surface area contributed by atoms with E-state index < -0.39 is 11.5 Å². The largest absolute Gasteiger partial charge is 0.494 e. The number of halogens is 1. The number of carbonyl (C=O) groups excluding carboxylic acids is 2. The maximum Gasteiger partial charge on any atom is 0.240 e. The van der Waals surface area contributed by atoms with E-state index >= 15 is 0 Å². The van der Waals surface area contributed by atoms with Gasteiger partial charge >= 0.3 is 0 Å². The lowest BCUT2D eigenvalue weighted by atomic mass is 10.1. The summed E-state index contributed by atoms with van der Waals surface area (Å²) in [6.07, 6.45) is 0.541. The molecule has 1 aliphatic rings. The number of nitrogens with one attached hydrogen (secondary N) is 4. The number of amides is 2. The molecule has 2 unspecified atom stereocenters. The van der Waals surface area contributed by atoms with E-state index in [2.05, 4.69) is 21.5 Å². The van der Waals surface area contributed by atoms with Gasteiger partial charge in [-0.15, -0.1) is 11.8 Å². The maximum absolute atomic E-state index is 12.4. The van der Waals surface area contributed by atoms with Crippen molar-refractivity contribution in [3.63, 3.8) is 0 Å². The van der Waals surface area contributed by atoms with Crippen molar-refractivity contribution in [2.24, 2.45) is 0 Å². The second kappa shape index (κ2) is 10.5. The van der Waals surface area contributed by atoms with Gasteiger partial charge in [0, 0.05) is 10.7 Å². The molecule has 1 heterocycles. The Hall–Kier alpha value is -2.26. The molecule has 9 heteroatoms. The Balaban J connectivity index is 1.41. The summed E-state index contributed by atoms with van der Waals surface area (Å²) in [6.45, 7) is 2.55. The van der Waals surface area contributed by atoms with Gasteiger partial charge in [0.2, 0.25) is 11.8 Å². The molecule has 2 aromatic rings. The van der Waals surface area contributed by atoms with E-state index in [1.165, 1.54) is 11.8 Å². The van der Waals surface area contributed by atoms with Crippen LogP contribution in [0.4, 0.5) is 5.69 Å². The van der Waals surface area contributed by atoms with Crippen LogP contribution in [0.25, 0.3) is 0 Å².